The Bertz CT molecular complexity index is 1400. The van der Waals surface area contributed by atoms with E-state index in [-0.39, 0.29) is 17.6 Å². The quantitative estimate of drug-likeness (QED) is 0.492. The van der Waals surface area contributed by atoms with E-state index < -0.39 is 6.03 Å². The van der Waals surface area contributed by atoms with Crippen molar-refractivity contribution in [2.45, 2.75) is 18.9 Å². The van der Waals surface area contributed by atoms with Crippen molar-refractivity contribution < 1.29 is 4.79 Å². The highest BCUT2D eigenvalue weighted by Gasteiger charge is 2.25. The number of urea groups is 1. The molecule has 2 amide bonds. The molecule has 1 saturated carbocycles. The van der Waals surface area contributed by atoms with Crippen LogP contribution in [-0.2, 0) is 7.05 Å². The van der Waals surface area contributed by atoms with Gasteiger partial charge in [-0.3, -0.25) is 15.0 Å². The third-order valence-corrected chi connectivity index (χ3v) is 5.32. The fourth-order valence-corrected chi connectivity index (χ4v) is 3.64. The Balaban J connectivity index is 1.67. The fourth-order valence-electron chi connectivity index (χ4n) is 3.36. The third kappa shape index (κ3) is 3.84. The molecule has 4 aromatic rings. The van der Waals surface area contributed by atoms with Crippen LogP contribution in [0.25, 0.3) is 33.5 Å². The number of rotatable bonds is 4. The van der Waals surface area contributed by atoms with Gasteiger partial charge in [0, 0.05) is 36.4 Å². The molecule has 0 atom stereocenters. The molecule has 9 nitrogen and oxygen atoms in total. The van der Waals surface area contributed by atoms with E-state index in [1.807, 2.05) is 24.3 Å². The molecule has 32 heavy (non-hydrogen) atoms. The Labute approximate surface area is 188 Å². The lowest BCUT2D eigenvalue weighted by molar-refractivity contribution is 0.251. The lowest BCUT2D eigenvalue weighted by Crippen LogP contribution is -2.31. The molecule has 158 valence electrons. The number of hydrogen-bond acceptors (Lipinski definition) is 6. The third-order valence-electron chi connectivity index (χ3n) is 5.03. The van der Waals surface area contributed by atoms with Crippen molar-refractivity contribution in [3.63, 3.8) is 0 Å². The molecule has 3 heterocycles. The van der Waals surface area contributed by atoms with Crippen LogP contribution in [0.1, 0.15) is 18.5 Å². The predicted molar refractivity (Wildman–Crippen MR) is 120 cm³/mol. The van der Waals surface area contributed by atoms with Crippen LogP contribution < -0.4 is 10.6 Å². The first kappa shape index (κ1) is 19.9. The molecule has 0 radical (unpaired) electrons. The molecule has 1 aliphatic rings. The number of hydrogen-bond donors (Lipinski definition) is 2. The minimum absolute atomic E-state index is 0.00645. The van der Waals surface area contributed by atoms with Crippen molar-refractivity contribution in [1.82, 2.24) is 30.0 Å². The Morgan fingerprint density at radius 2 is 2.09 bits per heavy atom. The van der Waals surface area contributed by atoms with Crippen LogP contribution in [0.4, 0.5) is 10.6 Å². The Hall–Kier alpha value is -4.03. The largest absolute Gasteiger partial charge is 0.335 e. The van der Waals surface area contributed by atoms with Crippen LogP contribution in [0.5, 0.6) is 0 Å². The van der Waals surface area contributed by atoms with E-state index in [4.69, 9.17) is 11.6 Å². The van der Waals surface area contributed by atoms with E-state index in [0.29, 0.717) is 33.2 Å². The first-order valence-corrected chi connectivity index (χ1v) is 10.3. The molecular formula is C22H17ClN8O. The summed E-state index contributed by atoms with van der Waals surface area (Å²) in [5, 5.41) is 20.9. The van der Waals surface area contributed by atoms with Crippen LogP contribution in [0.2, 0.25) is 5.02 Å². The Morgan fingerprint density at radius 1 is 1.25 bits per heavy atom. The number of carbonyl (C=O) groups is 1. The highest BCUT2D eigenvalue weighted by molar-refractivity contribution is 6.35. The second-order valence-electron chi connectivity index (χ2n) is 7.51. The molecule has 1 aliphatic carbocycles. The van der Waals surface area contributed by atoms with Gasteiger partial charge in [0.05, 0.1) is 10.5 Å². The molecule has 10 heteroatoms. The van der Waals surface area contributed by atoms with Gasteiger partial charge in [-0.1, -0.05) is 17.7 Å². The smallest absolute Gasteiger partial charge is 0.320 e. The number of fused-ring (bicyclic) bond motifs is 1. The number of benzene rings is 1. The van der Waals surface area contributed by atoms with Gasteiger partial charge >= 0.3 is 6.03 Å². The molecule has 0 aliphatic heterocycles. The van der Waals surface area contributed by atoms with Gasteiger partial charge in [0.1, 0.15) is 23.2 Å². The summed E-state index contributed by atoms with van der Waals surface area (Å²) >= 11 is 6.48. The fraction of sp³-hybridized carbons (Fsp3) is 0.182. The van der Waals surface area contributed by atoms with Gasteiger partial charge in [0.2, 0.25) is 0 Å². The van der Waals surface area contributed by atoms with Crippen LogP contribution >= 0.6 is 11.6 Å². The van der Waals surface area contributed by atoms with Gasteiger partial charge in [-0.05, 0) is 37.1 Å². The molecule has 1 fully saturated rings. The average Bonchev–Trinajstić information content (AvgIpc) is 3.49. The molecule has 2 N–H and O–H groups in total. The lowest BCUT2D eigenvalue weighted by Gasteiger charge is -2.13. The molecule has 0 spiro atoms. The molecule has 0 saturated heterocycles. The summed E-state index contributed by atoms with van der Waals surface area (Å²) in [6.45, 7) is 0. The first-order chi connectivity index (χ1) is 15.5. The summed E-state index contributed by atoms with van der Waals surface area (Å²) in [6, 6.07) is 10.9. The van der Waals surface area contributed by atoms with E-state index in [1.165, 1.54) is 0 Å². The second-order valence-corrected chi connectivity index (χ2v) is 7.92. The summed E-state index contributed by atoms with van der Waals surface area (Å²) in [5.41, 5.74) is 2.72. The van der Waals surface area contributed by atoms with Gasteiger partial charge < -0.3 is 5.32 Å². The lowest BCUT2D eigenvalue weighted by atomic mass is 10.0. The maximum absolute atomic E-state index is 12.3. The summed E-state index contributed by atoms with van der Waals surface area (Å²) in [7, 11) is 1.79. The molecular weight excluding hydrogens is 428 g/mol. The van der Waals surface area contributed by atoms with Gasteiger partial charge in [-0.2, -0.15) is 10.4 Å². The van der Waals surface area contributed by atoms with Crippen molar-refractivity contribution in [3.8, 4) is 28.7 Å². The minimum atomic E-state index is -0.419. The number of nitrogens with one attached hydrogen (secondary N) is 2. The molecule has 5 rings (SSSR count). The Morgan fingerprint density at radius 3 is 2.81 bits per heavy atom. The van der Waals surface area contributed by atoms with Gasteiger partial charge in [-0.15, -0.1) is 0 Å². The van der Waals surface area contributed by atoms with Gasteiger partial charge in [0.15, 0.2) is 11.5 Å². The number of anilines is 1. The second kappa shape index (κ2) is 7.90. The number of aromatic nitrogens is 5. The number of aryl methyl sites for hydroxylation is 1. The van der Waals surface area contributed by atoms with E-state index in [0.717, 1.165) is 18.2 Å². The van der Waals surface area contributed by atoms with E-state index in [1.54, 1.807) is 36.3 Å². The SMILES string of the molecule is Cn1ccc(-c2nc(NC(=O)NC3CC3)c(C#N)nc2-c2cc(Cl)c3ncccc3c2)n1. The molecule has 0 bridgehead atoms. The number of pyridine rings is 1. The van der Waals surface area contributed by atoms with E-state index >= 15 is 0 Å². The highest BCUT2D eigenvalue weighted by atomic mass is 35.5. The number of amides is 2. The summed E-state index contributed by atoms with van der Waals surface area (Å²) in [6.07, 6.45) is 5.34. The topological polar surface area (TPSA) is 121 Å². The number of nitrogens with zero attached hydrogens (tertiary/aromatic N) is 6. The maximum atomic E-state index is 12.3. The summed E-state index contributed by atoms with van der Waals surface area (Å²) in [4.78, 5) is 25.7. The van der Waals surface area contributed by atoms with Crippen LogP contribution in [0.3, 0.4) is 0 Å². The van der Waals surface area contributed by atoms with Crippen LogP contribution in [0, 0.1) is 11.3 Å². The standard InChI is InChI=1S/C22H17ClN8O/c1-31-8-6-16(30-31)20-19(13-9-12-3-2-7-25-18(12)15(23)10-13)27-17(11-24)21(28-20)29-22(32)26-14-4-5-14/h2-3,6-10,14H,4-5H2,1H3,(H2,26,28,29,32). The number of halogens is 1. The summed E-state index contributed by atoms with van der Waals surface area (Å²) in [5.74, 6) is 0.0728. The minimum Gasteiger partial charge on any atom is -0.335 e. The summed E-state index contributed by atoms with van der Waals surface area (Å²) < 4.78 is 1.64. The van der Waals surface area contributed by atoms with Gasteiger partial charge in [-0.25, -0.2) is 14.8 Å². The van der Waals surface area contributed by atoms with E-state index in [2.05, 4.69) is 30.7 Å². The zero-order valence-corrected chi connectivity index (χ0v) is 17.8. The van der Waals surface area contributed by atoms with Crippen LogP contribution in [-0.4, -0.2) is 36.8 Å². The normalized spacial score (nSPS) is 13.0. The average molecular weight is 445 g/mol. The zero-order valence-electron chi connectivity index (χ0n) is 17.0. The van der Waals surface area contributed by atoms with Crippen molar-refractivity contribution >= 4 is 34.4 Å². The Kier molecular flexibility index (Phi) is 4.92. The maximum Gasteiger partial charge on any atom is 0.320 e. The number of carbonyl (C=O) groups excluding carboxylic acids is 1. The number of nitriles is 1. The van der Waals surface area contributed by atoms with Crippen LogP contribution in [0.15, 0.2) is 42.7 Å². The molecule has 3 aromatic heterocycles. The van der Waals surface area contributed by atoms with E-state index in [9.17, 15) is 10.1 Å². The first-order valence-electron chi connectivity index (χ1n) is 9.96. The van der Waals surface area contributed by atoms with Crippen molar-refractivity contribution in [2.75, 3.05) is 5.32 Å². The van der Waals surface area contributed by atoms with Crippen molar-refractivity contribution in [1.29, 1.82) is 5.26 Å². The highest BCUT2D eigenvalue weighted by Crippen LogP contribution is 2.34. The molecule has 0 unspecified atom stereocenters. The molecule has 1 aromatic carbocycles. The predicted octanol–water partition coefficient (Wildman–Crippen LogP) is 3.90. The zero-order chi connectivity index (χ0) is 22.2. The van der Waals surface area contributed by atoms with Crippen molar-refractivity contribution in [3.05, 3.63) is 53.4 Å². The van der Waals surface area contributed by atoms with Gasteiger partial charge in [0.25, 0.3) is 0 Å². The monoisotopic (exact) mass is 444 g/mol. The van der Waals surface area contributed by atoms with Crippen molar-refractivity contribution in [2.24, 2.45) is 7.05 Å².